The fourth-order valence-corrected chi connectivity index (χ4v) is 2.10. The Morgan fingerprint density at radius 1 is 1.26 bits per heavy atom. The van der Waals surface area contributed by atoms with E-state index in [4.69, 9.17) is 16.3 Å². The fraction of sp³-hybridized carbons (Fsp3) is 0.235. The Balaban J connectivity index is 2.14. The molecule has 23 heavy (non-hydrogen) atoms. The van der Waals surface area contributed by atoms with Gasteiger partial charge in [0, 0.05) is 17.8 Å². The number of aliphatic hydroxyl groups excluding tert-OH is 1. The molecule has 0 bridgehead atoms. The van der Waals surface area contributed by atoms with E-state index in [-0.39, 0.29) is 11.8 Å². The lowest BCUT2D eigenvalue weighted by Gasteiger charge is -2.14. The molecule has 2 rings (SSSR count). The highest BCUT2D eigenvalue weighted by molar-refractivity contribution is 6.18. The molecule has 1 unspecified atom stereocenters. The Hall–Kier alpha value is -2.24. The number of carbonyl (C=O) groups excluding carboxylic acids is 1. The van der Waals surface area contributed by atoms with Gasteiger partial charge in [0.05, 0.1) is 24.8 Å². The van der Waals surface area contributed by atoms with Gasteiger partial charge in [0.1, 0.15) is 5.75 Å². The SMILES string of the molecule is COc1ccc(NCC(O)CCl)cc1NC(=O)c1ccccc1. The monoisotopic (exact) mass is 334 g/mol. The van der Waals surface area contributed by atoms with E-state index < -0.39 is 6.10 Å². The van der Waals surface area contributed by atoms with Crippen LogP contribution in [0.5, 0.6) is 5.75 Å². The molecular formula is C17H19ClN2O3. The lowest BCUT2D eigenvalue weighted by atomic mass is 10.2. The molecule has 0 fully saturated rings. The molecule has 0 radical (unpaired) electrons. The number of methoxy groups -OCH3 is 1. The van der Waals surface area contributed by atoms with Gasteiger partial charge in [-0.1, -0.05) is 18.2 Å². The number of carbonyl (C=O) groups is 1. The summed E-state index contributed by atoms with van der Waals surface area (Å²) in [6.07, 6.45) is -0.638. The minimum absolute atomic E-state index is 0.154. The number of nitrogens with one attached hydrogen (secondary N) is 2. The molecule has 3 N–H and O–H groups in total. The van der Waals surface area contributed by atoms with Crippen molar-refractivity contribution in [2.45, 2.75) is 6.10 Å². The van der Waals surface area contributed by atoms with Crippen LogP contribution in [-0.2, 0) is 0 Å². The van der Waals surface area contributed by atoms with Gasteiger partial charge in [-0.3, -0.25) is 4.79 Å². The number of ether oxygens (including phenoxy) is 1. The van der Waals surface area contributed by atoms with Gasteiger partial charge in [-0.2, -0.15) is 0 Å². The van der Waals surface area contributed by atoms with Crippen LogP contribution in [0, 0.1) is 0 Å². The molecule has 1 amide bonds. The maximum Gasteiger partial charge on any atom is 0.255 e. The summed E-state index contributed by atoms with van der Waals surface area (Å²) >= 11 is 5.57. The second-order valence-corrected chi connectivity index (χ2v) is 5.23. The highest BCUT2D eigenvalue weighted by atomic mass is 35.5. The van der Waals surface area contributed by atoms with E-state index in [1.54, 1.807) is 42.5 Å². The van der Waals surface area contributed by atoms with E-state index in [0.717, 1.165) is 5.69 Å². The summed E-state index contributed by atoms with van der Waals surface area (Å²) in [6, 6.07) is 14.2. The van der Waals surface area contributed by atoms with Crippen LogP contribution in [0.3, 0.4) is 0 Å². The number of anilines is 2. The largest absolute Gasteiger partial charge is 0.495 e. The molecule has 0 saturated heterocycles. The average Bonchev–Trinajstić information content (AvgIpc) is 2.60. The van der Waals surface area contributed by atoms with Crippen LogP contribution in [0.25, 0.3) is 0 Å². The number of amides is 1. The third kappa shape index (κ3) is 4.87. The van der Waals surface area contributed by atoms with Crippen molar-refractivity contribution in [2.75, 3.05) is 30.2 Å². The van der Waals surface area contributed by atoms with Crippen molar-refractivity contribution in [3.05, 3.63) is 54.1 Å². The van der Waals surface area contributed by atoms with Crippen LogP contribution in [0.2, 0.25) is 0 Å². The smallest absolute Gasteiger partial charge is 0.255 e. The first-order chi connectivity index (χ1) is 11.1. The summed E-state index contributed by atoms with van der Waals surface area (Å²) in [4.78, 5) is 12.3. The van der Waals surface area contributed by atoms with Crippen LogP contribution < -0.4 is 15.4 Å². The van der Waals surface area contributed by atoms with E-state index in [1.165, 1.54) is 7.11 Å². The van der Waals surface area contributed by atoms with Crippen molar-refractivity contribution in [3.8, 4) is 5.75 Å². The predicted octanol–water partition coefficient (Wildman–Crippen LogP) is 2.96. The number of benzene rings is 2. The topological polar surface area (TPSA) is 70.6 Å². The first-order valence-electron chi connectivity index (χ1n) is 7.16. The molecule has 122 valence electrons. The molecule has 5 nitrogen and oxygen atoms in total. The molecule has 0 heterocycles. The van der Waals surface area contributed by atoms with Gasteiger partial charge in [0.25, 0.3) is 5.91 Å². The van der Waals surface area contributed by atoms with Gasteiger partial charge in [-0.25, -0.2) is 0 Å². The van der Waals surface area contributed by atoms with Gasteiger partial charge in [-0.15, -0.1) is 11.6 Å². The molecule has 6 heteroatoms. The summed E-state index contributed by atoms with van der Waals surface area (Å²) in [5.74, 6) is 0.486. The Kier molecular flexibility index (Phi) is 6.26. The maximum absolute atomic E-state index is 12.3. The van der Waals surface area contributed by atoms with E-state index in [9.17, 15) is 9.90 Å². The number of alkyl halides is 1. The minimum Gasteiger partial charge on any atom is -0.495 e. The summed E-state index contributed by atoms with van der Waals surface area (Å²) in [5, 5.41) is 15.4. The van der Waals surface area contributed by atoms with E-state index >= 15 is 0 Å². The molecule has 0 spiro atoms. The Bertz CT molecular complexity index is 650. The zero-order chi connectivity index (χ0) is 16.7. The predicted molar refractivity (Wildman–Crippen MR) is 92.6 cm³/mol. The molecule has 0 aliphatic carbocycles. The van der Waals surface area contributed by atoms with Crippen LogP contribution in [0.4, 0.5) is 11.4 Å². The van der Waals surface area contributed by atoms with Crippen molar-refractivity contribution < 1.29 is 14.6 Å². The van der Waals surface area contributed by atoms with Crippen LogP contribution in [0.1, 0.15) is 10.4 Å². The van der Waals surface area contributed by atoms with Gasteiger partial charge >= 0.3 is 0 Å². The van der Waals surface area contributed by atoms with Gasteiger partial charge in [0.15, 0.2) is 0 Å². The highest BCUT2D eigenvalue weighted by Gasteiger charge is 2.11. The van der Waals surface area contributed by atoms with E-state index in [0.29, 0.717) is 23.5 Å². The molecule has 0 aromatic heterocycles. The van der Waals surface area contributed by atoms with Crippen molar-refractivity contribution in [2.24, 2.45) is 0 Å². The first-order valence-corrected chi connectivity index (χ1v) is 7.70. The second-order valence-electron chi connectivity index (χ2n) is 4.92. The van der Waals surface area contributed by atoms with Gasteiger partial charge in [0.2, 0.25) is 0 Å². The van der Waals surface area contributed by atoms with Gasteiger partial charge < -0.3 is 20.5 Å². The second kappa shape index (κ2) is 8.41. The zero-order valence-corrected chi connectivity index (χ0v) is 13.5. The minimum atomic E-state index is -0.638. The average molecular weight is 335 g/mol. The van der Waals surface area contributed by atoms with Crippen molar-refractivity contribution in [3.63, 3.8) is 0 Å². The standard InChI is InChI=1S/C17H19ClN2O3/c1-23-16-8-7-13(19-11-14(21)10-18)9-15(16)20-17(22)12-5-3-2-4-6-12/h2-9,14,19,21H,10-11H2,1H3,(H,20,22). The van der Waals surface area contributed by atoms with Crippen molar-refractivity contribution in [1.29, 1.82) is 0 Å². The molecule has 2 aromatic rings. The van der Waals surface area contributed by atoms with E-state index in [2.05, 4.69) is 10.6 Å². The van der Waals surface area contributed by atoms with Crippen LogP contribution in [-0.4, -0.2) is 36.7 Å². The molecule has 0 aliphatic rings. The van der Waals surface area contributed by atoms with Crippen molar-refractivity contribution >= 4 is 28.9 Å². The number of hydrogen-bond acceptors (Lipinski definition) is 4. The number of rotatable bonds is 7. The lowest BCUT2D eigenvalue weighted by Crippen LogP contribution is -2.21. The maximum atomic E-state index is 12.3. The zero-order valence-electron chi connectivity index (χ0n) is 12.8. The van der Waals surface area contributed by atoms with Gasteiger partial charge in [-0.05, 0) is 30.3 Å². The summed E-state index contributed by atoms with van der Waals surface area (Å²) in [6.45, 7) is 0.321. The van der Waals surface area contributed by atoms with Crippen molar-refractivity contribution in [1.82, 2.24) is 0 Å². The summed E-state index contributed by atoms with van der Waals surface area (Å²) < 4.78 is 5.27. The molecule has 0 saturated carbocycles. The number of aliphatic hydroxyl groups is 1. The van der Waals surface area contributed by atoms with E-state index in [1.807, 2.05) is 6.07 Å². The fourth-order valence-electron chi connectivity index (χ4n) is 1.99. The first kappa shape index (κ1) is 17.1. The molecule has 0 aliphatic heterocycles. The summed E-state index contributed by atoms with van der Waals surface area (Å²) in [7, 11) is 1.54. The molecular weight excluding hydrogens is 316 g/mol. The van der Waals surface area contributed by atoms with Crippen LogP contribution >= 0.6 is 11.6 Å². The number of halogens is 1. The highest BCUT2D eigenvalue weighted by Crippen LogP contribution is 2.28. The Labute approximate surface area is 140 Å². The summed E-state index contributed by atoms with van der Waals surface area (Å²) in [5.41, 5.74) is 1.86. The van der Waals surface area contributed by atoms with Crippen LogP contribution in [0.15, 0.2) is 48.5 Å². The molecule has 2 aromatic carbocycles. The Morgan fingerprint density at radius 2 is 2.00 bits per heavy atom. The third-order valence-corrected chi connectivity index (χ3v) is 3.56. The quantitative estimate of drug-likeness (QED) is 0.681. The molecule has 1 atom stereocenters. The normalized spacial score (nSPS) is 11.6. The number of hydrogen-bond donors (Lipinski definition) is 3. The Morgan fingerprint density at radius 3 is 2.65 bits per heavy atom. The third-order valence-electron chi connectivity index (χ3n) is 3.20. The lowest BCUT2D eigenvalue weighted by molar-refractivity contribution is 0.102.